The molecule has 118 valence electrons. The van der Waals surface area contributed by atoms with Gasteiger partial charge in [0.25, 0.3) is 0 Å². The summed E-state index contributed by atoms with van der Waals surface area (Å²) in [5, 5.41) is 0. The molecule has 0 N–H and O–H groups in total. The zero-order chi connectivity index (χ0) is 14.9. The van der Waals surface area contributed by atoms with Crippen molar-refractivity contribution < 1.29 is 9.53 Å². The second-order valence-corrected chi connectivity index (χ2v) is 7.10. The third-order valence-corrected chi connectivity index (χ3v) is 5.58. The molecule has 21 heavy (non-hydrogen) atoms. The van der Waals surface area contributed by atoms with Gasteiger partial charge in [-0.15, -0.1) is 0 Å². The van der Waals surface area contributed by atoms with Crippen LogP contribution in [0.2, 0.25) is 0 Å². The fourth-order valence-electron chi connectivity index (χ4n) is 4.20. The lowest BCUT2D eigenvalue weighted by Gasteiger charge is -2.58. The molecule has 4 heteroatoms. The van der Waals surface area contributed by atoms with Crippen molar-refractivity contribution in [1.82, 2.24) is 9.80 Å². The Labute approximate surface area is 128 Å². The molecule has 0 bridgehead atoms. The average Bonchev–Trinajstić information content (AvgIpc) is 2.47. The quantitative estimate of drug-likeness (QED) is 0.798. The summed E-state index contributed by atoms with van der Waals surface area (Å²) in [4.78, 5) is 17.1. The number of hydrogen-bond donors (Lipinski definition) is 0. The van der Waals surface area contributed by atoms with Gasteiger partial charge < -0.3 is 9.64 Å². The van der Waals surface area contributed by atoms with Crippen LogP contribution in [0.5, 0.6) is 0 Å². The lowest BCUT2D eigenvalue weighted by Crippen LogP contribution is -2.72. The molecule has 1 atom stereocenters. The molecule has 0 radical (unpaired) electrons. The Morgan fingerprint density at radius 3 is 2.90 bits per heavy atom. The van der Waals surface area contributed by atoms with Gasteiger partial charge in [-0.25, -0.2) is 0 Å². The lowest BCUT2D eigenvalue weighted by atomic mass is 9.75. The van der Waals surface area contributed by atoms with Crippen molar-refractivity contribution in [2.45, 2.75) is 44.1 Å². The predicted molar refractivity (Wildman–Crippen MR) is 83.1 cm³/mol. The maximum absolute atomic E-state index is 12.5. The Kier molecular flexibility index (Phi) is 4.36. The SMILES string of the molecule is COC[C@@H]1CCN(C)C2(C1)CN(C(=O)C1=CCCCC1)C2. The summed E-state index contributed by atoms with van der Waals surface area (Å²) in [5.41, 5.74) is 1.27. The van der Waals surface area contributed by atoms with Crippen LogP contribution >= 0.6 is 0 Å². The number of methoxy groups -OCH3 is 1. The maximum Gasteiger partial charge on any atom is 0.249 e. The number of rotatable bonds is 3. The first-order chi connectivity index (χ1) is 10.1. The number of likely N-dealkylation sites (N-methyl/N-ethyl adjacent to an activating group) is 1. The number of likely N-dealkylation sites (tertiary alicyclic amines) is 2. The number of amides is 1. The predicted octanol–water partition coefficient (Wildman–Crippen LogP) is 2.06. The van der Waals surface area contributed by atoms with Crippen LogP contribution in [-0.4, -0.2) is 61.6 Å². The average molecular weight is 292 g/mol. The van der Waals surface area contributed by atoms with Crippen molar-refractivity contribution in [3.8, 4) is 0 Å². The van der Waals surface area contributed by atoms with E-state index in [-0.39, 0.29) is 5.54 Å². The molecule has 0 aromatic heterocycles. The second kappa shape index (κ2) is 6.09. The summed E-state index contributed by atoms with van der Waals surface area (Å²) in [7, 11) is 4.00. The first kappa shape index (κ1) is 15.0. The molecule has 3 aliphatic rings. The van der Waals surface area contributed by atoms with E-state index in [2.05, 4.69) is 22.9 Å². The first-order valence-electron chi connectivity index (χ1n) is 8.33. The van der Waals surface area contributed by atoms with Crippen LogP contribution in [0.4, 0.5) is 0 Å². The molecule has 2 aliphatic heterocycles. The van der Waals surface area contributed by atoms with Crippen LogP contribution in [0.1, 0.15) is 38.5 Å². The minimum Gasteiger partial charge on any atom is -0.384 e. The third kappa shape index (κ3) is 2.88. The molecular weight excluding hydrogens is 264 g/mol. The van der Waals surface area contributed by atoms with E-state index in [1.807, 2.05) is 0 Å². The van der Waals surface area contributed by atoms with Crippen molar-refractivity contribution in [1.29, 1.82) is 0 Å². The van der Waals surface area contributed by atoms with Gasteiger partial charge in [0.15, 0.2) is 0 Å². The van der Waals surface area contributed by atoms with E-state index in [0.717, 1.165) is 44.7 Å². The Balaban J connectivity index is 1.60. The summed E-state index contributed by atoms with van der Waals surface area (Å²) in [6.45, 7) is 3.78. The highest BCUT2D eigenvalue weighted by Crippen LogP contribution is 2.39. The Hall–Kier alpha value is -0.870. The summed E-state index contributed by atoms with van der Waals surface area (Å²) in [6.07, 6.45) is 9.01. The standard InChI is InChI=1S/C17H28N2O2/c1-18-9-8-14(11-21-2)10-17(18)12-19(13-17)16(20)15-6-4-3-5-7-15/h6,14H,3-5,7-13H2,1-2H3/t14-/m1/s1. The van der Waals surface area contributed by atoms with Gasteiger partial charge in [0, 0.05) is 32.4 Å². The highest BCUT2D eigenvalue weighted by Gasteiger charge is 2.51. The van der Waals surface area contributed by atoms with E-state index in [9.17, 15) is 4.79 Å². The minimum absolute atomic E-state index is 0.215. The van der Waals surface area contributed by atoms with Crippen LogP contribution < -0.4 is 0 Å². The van der Waals surface area contributed by atoms with Crippen molar-refractivity contribution in [3.05, 3.63) is 11.6 Å². The summed E-state index contributed by atoms with van der Waals surface area (Å²) >= 11 is 0. The van der Waals surface area contributed by atoms with E-state index in [0.29, 0.717) is 11.8 Å². The van der Waals surface area contributed by atoms with Gasteiger partial charge in [-0.2, -0.15) is 0 Å². The number of piperidine rings is 1. The van der Waals surface area contributed by atoms with Gasteiger partial charge in [-0.3, -0.25) is 9.69 Å². The minimum atomic E-state index is 0.215. The zero-order valence-corrected chi connectivity index (χ0v) is 13.4. The van der Waals surface area contributed by atoms with E-state index in [4.69, 9.17) is 4.74 Å². The summed E-state index contributed by atoms with van der Waals surface area (Å²) in [6, 6.07) is 0. The van der Waals surface area contributed by atoms with Crippen LogP contribution in [0.3, 0.4) is 0 Å². The first-order valence-corrected chi connectivity index (χ1v) is 8.33. The third-order valence-electron chi connectivity index (χ3n) is 5.58. The number of nitrogens with zero attached hydrogens (tertiary/aromatic N) is 2. The molecule has 0 unspecified atom stereocenters. The van der Waals surface area contributed by atoms with Gasteiger partial charge in [0.2, 0.25) is 5.91 Å². The van der Waals surface area contributed by atoms with Gasteiger partial charge in [-0.1, -0.05) is 6.08 Å². The summed E-state index contributed by atoms with van der Waals surface area (Å²) in [5.74, 6) is 0.944. The number of ether oxygens (including phenoxy) is 1. The van der Waals surface area contributed by atoms with Crippen molar-refractivity contribution >= 4 is 5.91 Å². The molecule has 4 nitrogen and oxygen atoms in total. The van der Waals surface area contributed by atoms with Gasteiger partial charge in [0.1, 0.15) is 0 Å². The van der Waals surface area contributed by atoms with Crippen LogP contribution in [0.25, 0.3) is 0 Å². The second-order valence-electron chi connectivity index (χ2n) is 7.10. The van der Waals surface area contributed by atoms with Crippen molar-refractivity contribution in [3.63, 3.8) is 0 Å². The van der Waals surface area contributed by atoms with E-state index >= 15 is 0 Å². The maximum atomic E-state index is 12.5. The van der Waals surface area contributed by atoms with Crippen LogP contribution in [0.15, 0.2) is 11.6 Å². The highest BCUT2D eigenvalue weighted by molar-refractivity contribution is 5.94. The van der Waals surface area contributed by atoms with Crippen molar-refractivity contribution in [2.24, 2.45) is 5.92 Å². The number of carbonyl (C=O) groups excluding carboxylic acids is 1. The van der Waals surface area contributed by atoms with Crippen LogP contribution in [-0.2, 0) is 9.53 Å². The monoisotopic (exact) mass is 292 g/mol. The smallest absolute Gasteiger partial charge is 0.249 e. The molecule has 2 saturated heterocycles. The molecule has 3 rings (SSSR count). The van der Waals surface area contributed by atoms with E-state index in [1.54, 1.807) is 7.11 Å². The van der Waals surface area contributed by atoms with Gasteiger partial charge >= 0.3 is 0 Å². The Morgan fingerprint density at radius 2 is 2.24 bits per heavy atom. The fraction of sp³-hybridized carbons (Fsp3) is 0.824. The van der Waals surface area contributed by atoms with Crippen molar-refractivity contribution in [2.75, 3.05) is 40.4 Å². The largest absolute Gasteiger partial charge is 0.384 e. The fourth-order valence-corrected chi connectivity index (χ4v) is 4.20. The van der Waals surface area contributed by atoms with E-state index < -0.39 is 0 Å². The molecule has 1 aliphatic carbocycles. The Morgan fingerprint density at radius 1 is 1.43 bits per heavy atom. The lowest BCUT2D eigenvalue weighted by molar-refractivity contribution is -0.147. The molecule has 2 fully saturated rings. The van der Waals surface area contributed by atoms with E-state index in [1.165, 1.54) is 25.7 Å². The molecule has 0 aromatic carbocycles. The topological polar surface area (TPSA) is 32.8 Å². The summed E-state index contributed by atoms with van der Waals surface area (Å²) < 4.78 is 5.34. The Bertz CT molecular complexity index is 427. The van der Waals surface area contributed by atoms with Gasteiger partial charge in [0.05, 0.1) is 5.54 Å². The molecule has 1 spiro atoms. The zero-order valence-electron chi connectivity index (χ0n) is 13.4. The number of allylic oxidation sites excluding steroid dienone is 1. The highest BCUT2D eigenvalue weighted by atomic mass is 16.5. The molecule has 2 heterocycles. The van der Waals surface area contributed by atoms with Crippen LogP contribution in [0, 0.1) is 5.92 Å². The van der Waals surface area contributed by atoms with Gasteiger partial charge in [-0.05, 0) is 58.0 Å². The molecular formula is C17H28N2O2. The normalized spacial score (nSPS) is 29.1. The molecule has 0 saturated carbocycles. The number of hydrogen-bond acceptors (Lipinski definition) is 3. The molecule has 1 amide bonds. The molecule has 0 aromatic rings. The number of carbonyl (C=O) groups is 1.